The van der Waals surface area contributed by atoms with Crippen molar-refractivity contribution in [2.75, 3.05) is 14.2 Å². The van der Waals surface area contributed by atoms with E-state index in [1.54, 1.807) is 13.2 Å². The monoisotopic (exact) mass is 361 g/mol. The number of rotatable bonds is 5. The lowest BCUT2D eigenvalue weighted by Gasteiger charge is -2.10. The van der Waals surface area contributed by atoms with Crippen molar-refractivity contribution >= 4 is 18.1 Å². The highest BCUT2D eigenvalue weighted by Crippen LogP contribution is 2.27. The van der Waals surface area contributed by atoms with Gasteiger partial charge in [-0.05, 0) is 49.2 Å². The van der Waals surface area contributed by atoms with Crippen LogP contribution in [0.5, 0.6) is 5.75 Å². The highest BCUT2D eigenvalue weighted by atomic mass is 16.5. The maximum Gasteiger partial charge on any atom is 0.342 e. The fourth-order valence-electron chi connectivity index (χ4n) is 3.29. The molecule has 0 saturated carbocycles. The molecular weight excluding hydrogens is 338 g/mol. The highest BCUT2D eigenvalue weighted by Gasteiger charge is 2.16. The molecule has 0 unspecified atom stereocenters. The molecule has 0 N–H and O–H groups in total. The summed E-state index contributed by atoms with van der Waals surface area (Å²) in [6.45, 7) is 4.18. The number of para-hydroxylation sites is 1. The maximum atomic E-state index is 12.2. The molecule has 0 spiro atoms. The minimum Gasteiger partial charge on any atom is -0.496 e. The van der Waals surface area contributed by atoms with Crippen LogP contribution in [-0.2, 0) is 4.74 Å². The number of nitrogens with zero attached hydrogens (tertiary/aromatic N) is 1. The summed E-state index contributed by atoms with van der Waals surface area (Å²) in [6.07, 6.45) is 3.94. The van der Waals surface area contributed by atoms with Gasteiger partial charge in [0.05, 0.1) is 14.2 Å². The SMILES string of the molecule is COC(=O)c1c(C=Cc2cc(C)n(-c3ccccc3)c2C)cccc1OC. The van der Waals surface area contributed by atoms with Gasteiger partial charge in [0.1, 0.15) is 11.3 Å². The van der Waals surface area contributed by atoms with Gasteiger partial charge in [0.2, 0.25) is 0 Å². The largest absolute Gasteiger partial charge is 0.496 e. The highest BCUT2D eigenvalue weighted by molar-refractivity contribution is 5.97. The number of hydrogen-bond acceptors (Lipinski definition) is 3. The summed E-state index contributed by atoms with van der Waals surface area (Å²) in [6, 6.07) is 17.9. The number of hydrogen-bond donors (Lipinski definition) is 0. The number of methoxy groups -OCH3 is 2. The summed E-state index contributed by atoms with van der Waals surface area (Å²) in [5.74, 6) is 0.0839. The van der Waals surface area contributed by atoms with Crippen molar-refractivity contribution in [3.05, 3.63) is 82.7 Å². The first-order valence-corrected chi connectivity index (χ1v) is 8.74. The van der Waals surface area contributed by atoms with Crippen LogP contribution in [0.25, 0.3) is 17.8 Å². The van der Waals surface area contributed by atoms with Gasteiger partial charge in [-0.2, -0.15) is 0 Å². The number of carbonyl (C=O) groups excluding carboxylic acids is 1. The van der Waals surface area contributed by atoms with Gasteiger partial charge in [0, 0.05) is 17.1 Å². The van der Waals surface area contributed by atoms with Crippen LogP contribution in [0.15, 0.2) is 54.6 Å². The molecule has 1 aromatic heterocycles. The molecule has 4 nitrogen and oxygen atoms in total. The van der Waals surface area contributed by atoms with Crippen molar-refractivity contribution in [3.8, 4) is 11.4 Å². The Morgan fingerprint density at radius 2 is 1.63 bits per heavy atom. The molecule has 27 heavy (non-hydrogen) atoms. The Labute approximate surface area is 159 Å². The molecule has 0 aliphatic carbocycles. The summed E-state index contributed by atoms with van der Waals surface area (Å²) in [7, 11) is 2.92. The number of carbonyl (C=O) groups is 1. The molecule has 138 valence electrons. The van der Waals surface area contributed by atoms with Crippen molar-refractivity contribution in [3.63, 3.8) is 0 Å². The van der Waals surface area contributed by atoms with E-state index in [-0.39, 0.29) is 0 Å². The van der Waals surface area contributed by atoms with Crippen LogP contribution in [0.2, 0.25) is 0 Å². The fourth-order valence-corrected chi connectivity index (χ4v) is 3.29. The lowest BCUT2D eigenvalue weighted by molar-refractivity contribution is 0.0597. The molecule has 0 bridgehead atoms. The van der Waals surface area contributed by atoms with Gasteiger partial charge in [-0.25, -0.2) is 4.79 Å². The van der Waals surface area contributed by atoms with E-state index in [1.165, 1.54) is 7.11 Å². The minimum absolute atomic E-state index is 0.415. The van der Waals surface area contributed by atoms with Crippen molar-refractivity contribution in [2.45, 2.75) is 13.8 Å². The first-order valence-electron chi connectivity index (χ1n) is 8.74. The van der Waals surface area contributed by atoms with E-state index in [1.807, 2.05) is 42.5 Å². The standard InChI is InChI=1S/C23H23NO3/c1-16-15-19(17(2)24(16)20-10-6-5-7-11-20)14-13-18-9-8-12-21(26-3)22(18)23(25)27-4/h5-15H,1-4H3. The summed E-state index contributed by atoms with van der Waals surface area (Å²) < 4.78 is 12.5. The summed E-state index contributed by atoms with van der Waals surface area (Å²) >= 11 is 0. The van der Waals surface area contributed by atoms with Gasteiger partial charge in [0.15, 0.2) is 0 Å². The van der Waals surface area contributed by atoms with Crippen LogP contribution in [0.4, 0.5) is 0 Å². The number of benzene rings is 2. The Morgan fingerprint density at radius 3 is 2.30 bits per heavy atom. The van der Waals surface area contributed by atoms with Crippen molar-refractivity contribution < 1.29 is 14.3 Å². The summed E-state index contributed by atoms with van der Waals surface area (Å²) in [5, 5.41) is 0. The topological polar surface area (TPSA) is 40.5 Å². The second-order valence-electron chi connectivity index (χ2n) is 6.25. The van der Waals surface area contributed by atoms with E-state index in [0.29, 0.717) is 11.3 Å². The summed E-state index contributed by atoms with van der Waals surface area (Å²) in [5.41, 5.74) is 5.69. The van der Waals surface area contributed by atoms with Crippen molar-refractivity contribution in [2.24, 2.45) is 0 Å². The second kappa shape index (κ2) is 7.96. The third-order valence-electron chi connectivity index (χ3n) is 4.60. The van der Waals surface area contributed by atoms with Crippen molar-refractivity contribution in [1.29, 1.82) is 0 Å². The molecule has 3 aromatic rings. The molecule has 0 aliphatic rings. The lowest BCUT2D eigenvalue weighted by atomic mass is 10.0. The molecule has 3 rings (SSSR count). The van der Waals surface area contributed by atoms with Crippen LogP contribution in [0.1, 0.15) is 32.9 Å². The smallest absolute Gasteiger partial charge is 0.342 e. The van der Waals surface area contributed by atoms with Crippen LogP contribution in [0.3, 0.4) is 0 Å². The zero-order valence-electron chi connectivity index (χ0n) is 16.0. The van der Waals surface area contributed by atoms with E-state index < -0.39 is 5.97 Å². The van der Waals surface area contributed by atoms with Crippen molar-refractivity contribution in [1.82, 2.24) is 4.57 Å². The molecule has 0 aliphatic heterocycles. The van der Waals surface area contributed by atoms with Crippen LogP contribution in [-0.4, -0.2) is 24.8 Å². The first kappa shape index (κ1) is 18.5. The van der Waals surface area contributed by atoms with E-state index >= 15 is 0 Å². The molecule has 0 fully saturated rings. The predicted octanol–water partition coefficient (Wildman–Crippen LogP) is 5.06. The van der Waals surface area contributed by atoms with Crippen LogP contribution < -0.4 is 4.74 Å². The quantitative estimate of drug-likeness (QED) is 0.597. The molecular formula is C23H23NO3. The van der Waals surface area contributed by atoms with E-state index in [4.69, 9.17) is 9.47 Å². The van der Waals surface area contributed by atoms with Gasteiger partial charge in [0.25, 0.3) is 0 Å². The Kier molecular flexibility index (Phi) is 5.46. The molecule has 1 heterocycles. The Morgan fingerprint density at radius 1 is 0.926 bits per heavy atom. The minimum atomic E-state index is -0.415. The lowest BCUT2D eigenvalue weighted by Crippen LogP contribution is -2.06. The van der Waals surface area contributed by atoms with Crippen LogP contribution in [0, 0.1) is 13.8 Å². The normalized spacial score (nSPS) is 11.0. The van der Waals surface area contributed by atoms with Crippen LogP contribution >= 0.6 is 0 Å². The fraction of sp³-hybridized carbons (Fsp3) is 0.174. The third-order valence-corrected chi connectivity index (χ3v) is 4.60. The van der Waals surface area contributed by atoms with E-state index in [9.17, 15) is 4.79 Å². The molecule has 0 radical (unpaired) electrons. The molecule has 4 heteroatoms. The second-order valence-corrected chi connectivity index (χ2v) is 6.25. The number of aryl methyl sites for hydroxylation is 1. The number of aromatic nitrogens is 1. The number of ether oxygens (including phenoxy) is 2. The van der Waals surface area contributed by atoms with Gasteiger partial charge in [-0.15, -0.1) is 0 Å². The van der Waals surface area contributed by atoms with E-state index in [0.717, 1.165) is 28.2 Å². The molecule has 0 atom stereocenters. The van der Waals surface area contributed by atoms with Gasteiger partial charge >= 0.3 is 5.97 Å². The Bertz CT molecular complexity index is 984. The van der Waals surface area contributed by atoms with Gasteiger partial charge in [-0.3, -0.25) is 0 Å². The average Bonchev–Trinajstić information content (AvgIpc) is 2.99. The Hall–Kier alpha value is -3.27. The number of esters is 1. The Balaban J connectivity index is 2.02. The molecule has 0 amide bonds. The maximum absolute atomic E-state index is 12.2. The zero-order valence-corrected chi connectivity index (χ0v) is 16.0. The molecule has 0 saturated heterocycles. The van der Waals surface area contributed by atoms with E-state index in [2.05, 4.69) is 36.6 Å². The van der Waals surface area contributed by atoms with Gasteiger partial charge < -0.3 is 14.0 Å². The zero-order chi connectivity index (χ0) is 19.4. The first-order chi connectivity index (χ1) is 13.1. The summed E-state index contributed by atoms with van der Waals surface area (Å²) in [4.78, 5) is 12.2. The average molecular weight is 361 g/mol. The predicted molar refractivity (Wildman–Crippen MR) is 109 cm³/mol. The molecule has 2 aromatic carbocycles. The van der Waals surface area contributed by atoms with Gasteiger partial charge in [-0.1, -0.05) is 42.5 Å². The third kappa shape index (κ3) is 3.65.